The van der Waals surface area contributed by atoms with Gasteiger partial charge in [0.1, 0.15) is 17.4 Å². The van der Waals surface area contributed by atoms with Crippen molar-refractivity contribution in [2.24, 2.45) is 0 Å². The number of rotatable bonds is 3. The molecule has 2 aromatic carbocycles. The Balaban J connectivity index is 2.98. The Kier molecular flexibility index (Phi) is 4.57. The van der Waals surface area contributed by atoms with Crippen molar-refractivity contribution in [1.29, 1.82) is 5.26 Å². The maximum Gasteiger partial charge on any atom is 0.338 e. The van der Waals surface area contributed by atoms with Crippen LogP contribution in [0, 0.1) is 27.3 Å². The zero-order chi connectivity index (χ0) is 17.1. The smallest absolute Gasteiger partial charge is 0.338 e. The maximum absolute atomic E-state index is 13.5. The van der Waals surface area contributed by atoms with Gasteiger partial charge in [0.25, 0.3) is 5.69 Å². The van der Waals surface area contributed by atoms with Crippen LogP contribution in [0.25, 0.3) is 11.1 Å². The normalized spacial score (nSPS) is 10.0. The van der Waals surface area contributed by atoms with E-state index in [0.717, 1.165) is 25.3 Å². The molecule has 0 fully saturated rings. The van der Waals surface area contributed by atoms with Crippen LogP contribution in [0.1, 0.15) is 15.9 Å². The average molecular weight is 335 g/mol. The van der Waals surface area contributed by atoms with Gasteiger partial charge in [0.2, 0.25) is 0 Å². The Bertz CT molecular complexity index is 861. The fourth-order valence-electron chi connectivity index (χ4n) is 2.13. The Hall–Kier alpha value is -2.98. The van der Waals surface area contributed by atoms with Crippen LogP contribution in [-0.2, 0) is 4.74 Å². The molecule has 0 N–H and O–H groups in total. The molecule has 8 heteroatoms. The largest absolute Gasteiger partial charge is 0.465 e. The number of carbonyl (C=O) groups excluding carboxylic acids is 1. The number of nitriles is 1. The quantitative estimate of drug-likeness (QED) is 0.484. The van der Waals surface area contributed by atoms with Gasteiger partial charge in [-0.05, 0) is 23.8 Å². The lowest BCUT2D eigenvalue weighted by molar-refractivity contribution is -0.384. The van der Waals surface area contributed by atoms with Gasteiger partial charge >= 0.3 is 5.97 Å². The van der Waals surface area contributed by atoms with Crippen LogP contribution in [0.2, 0.25) is 5.02 Å². The SMILES string of the molecule is COC(=O)c1cc(Cl)c(C#N)c([N+](=O)[O-])c1-c1cccc(F)c1. The molecule has 0 saturated heterocycles. The van der Waals surface area contributed by atoms with Gasteiger partial charge in [0.15, 0.2) is 0 Å². The van der Waals surface area contributed by atoms with Crippen molar-refractivity contribution in [2.75, 3.05) is 7.11 Å². The Morgan fingerprint density at radius 2 is 2.13 bits per heavy atom. The summed E-state index contributed by atoms with van der Waals surface area (Å²) in [6, 6.07) is 7.61. The zero-order valence-corrected chi connectivity index (χ0v) is 12.4. The molecule has 0 heterocycles. The lowest BCUT2D eigenvalue weighted by atomic mass is 9.94. The molecule has 2 aromatic rings. The van der Waals surface area contributed by atoms with E-state index in [-0.39, 0.29) is 21.7 Å². The molecule has 0 saturated carbocycles. The zero-order valence-electron chi connectivity index (χ0n) is 11.7. The number of methoxy groups -OCH3 is 1. The maximum atomic E-state index is 13.5. The highest BCUT2D eigenvalue weighted by molar-refractivity contribution is 6.33. The van der Waals surface area contributed by atoms with E-state index >= 15 is 0 Å². The van der Waals surface area contributed by atoms with E-state index in [1.807, 2.05) is 0 Å². The van der Waals surface area contributed by atoms with E-state index in [9.17, 15) is 19.3 Å². The van der Waals surface area contributed by atoms with Crippen molar-refractivity contribution in [2.45, 2.75) is 0 Å². The second kappa shape index (κ2) is 6.42. The third-order valence-electron chi connectivity index (χ3n) is 3.07. The van der Waals surface area contributed by atoms with Crippen LogP contribution in [0.5, 0.6) is 0 Å². The Morgan fingerprint density at radius 1 is 1.43 bits per heavy atom. The molecule has 0 aliphatic rings. The van der Waals surface area contributed by atoms with Crippen LogP contribution in [-0.4, -0.2) is 18.0 Å². The van der Waals surface area contributed by atoms with Gasteiger partial charge in [-0.15, -0.1) is 0 Å². The first-order chi connectivity index (χ1) is 10.9. The highest BCUT2D eigenvalue weighted by Gasteiger charge is 2.30. The van der Waals surface area contributed by atoms with Gasteiger partial charge in [0, 0.05) is 0 Å². The van der Waals surface area contributed by atoms with Gasteiger partial charge in [0.05, 0.1) is 28.2 Å². The number of ether oxygens (including phenoxy) is 1. The number of nitro groups is 1. The van der Waals surface area contributed by atoms with Crippen molar-refractivity contribution >= 4 is 23.3 Å². The number of hydrogen-bond acceptors (Lipinski definition) is 5. The Labute approximate surface area is 134 Å². The van der Waals surface area contributed by atoms with Crippen LogP contribution in [0.3, 0.4) is 0 Å². The summed E-state index contributed by atoms with van der Waals surface area (Å²) in [5.74, 6) is -1.54. The minimum atomic E-state index is -0.890. The predicted molar refractivity (Wildman–Crippen MR) is 79.6 cm³/mol. The summed E-state index contributed by atoms with van der Waals surface area (Å²) in [5, 5.41) is 20.3. The molecule has 0 unspecified atom stereocenters. The lowest BCUT2D eigenvalue weighted by Crippen LogP contribution is -2.08. The molecule has 0 aliphatic carbocycles. The van der Waals surface area contributed by atoms with Crippen LogP contribution < -0.4 is 0 Å². The molecular weight excluding hydrogens is 327 g/mol. The van der Waals surface area contributed by atoms with E-state index in [2.05, 4.69) is 4.74 Å². The minimum absolute atomic E-state index is 0.0604. The third kappa shape index (κ3) is 2.98. The number of halogens is 2. The Morgan fingerprint density at radius 3 is 2.65 bits per heavy atom. The van der Waals surface area contributed by atoms with Crippen LogP contribution in [0.15, 0.2) is 30.3 Å². The third-order valence-corrected chi connectivity index (χ3v) is 3.36. The van der Waals surface area contributed by atoms with E-state index in [0.29, 0.717) is 0 Å². The standard InChI is InChI=1S/C15H8ClFN2O4/c1-23-15(20)10-6-12(16)11(7-18)14(19(21)22)13(10)8-3-2-4-9(17)5-8/h2-6H,1H3. The molecule has 0 aliphatic heterocycles. The molecule has 0 amide bonds. The molecule has 0 atom stereocenters. The fourth-order valence-corrected chi connectivity index (χ4v) is 2.37. The molecular formula is C15H8ClFN2O4. The average Bonchev–Trinajstić information content (AvgIpc) is 2.52. The second-order valence-corrected chi connectivity index (χ2v) is 4.78. The second-order valence-electron chi connectivity index (χ2n) is 4.38. The lowest BCUT2D eigenvalue weighted by Gasteiger charge is -2.11. The first kappa shape index (κ1) is 16.4. The summed E-state index contributed by atoms with van der Waals surface area (Å²) in [4.78, 5) is 22.5. The van der Waals surface area contributed by atoms with E-state index in [1.165, 1.54) is 12.1 Å². The summed E-state index contributed by atoms with van der Waals surface area (Å²) < 4.78 is 18.1. The van der Waals surface area contributed by atoms with Crippen molar-refractivity contribution < 1.29 is 18.8 Å². The highest BCUT2D eigenvalue weighted by Crippen LogP contribution is 2.40. The topological polar surface area (TPSA) is 93.2 Å². The number of hydrogen-bond donors (Lipinski definition) is 0. The van der Waals surface area contributed by atoms with Crippen molar-refractivity contribution in [3.05, 3.63) is 62.4 Å². The summed E-state index contributed by atoms with van der Waals surface area (Å²) in [6.07, 6.45) is 0. The molecule has 2 rings (SSSR count). The van der Waals surface area contributed by atoms with Gasteiger partial charge < -0.3 is 4.74 Å². The van der Waals surface area contributed by atoms with Crippen LogP contribution in [0.4, 0.5) is 10.1 Å². The first-order valence-corrected chi connectivity index (χ1v) is 6.53. The van der Waals surface area contributed by atoms with Gasteiger partial charge in [-0.2, -0.15) is 5.26 Å². The molecule has 0 aromatic heterocycles. The number of carbonyl (C=O) groups is 1. The monoisotopic (exact) mass is 334 g/mol. The van der Waals surface area contributed by atoms with Gasteiger partial charge in [-0.3, -0.25) is 10.1 Å². The summed E-state index contributed by atoms with van der Waals surface area (Å²) >= 11 is 5.86. The summed E-state index contributed by atoms with van der Waals surface area (Å²) in [7, 11) is 1.09. The molecule has 6 nitrogen and oxygen atoms in total. The van der Waals surface area contributed by atoms with E-state index in [1.54, 1.807) is 6.07 Å². The fraction of sp³-hybridized carbons (Fsp3) is 0.0667. The molecule has 23 heavy (non-hydrogen) atoms. The van der Waals surface area contributed by atoms with Gasteiger partial charge in [-0.1, -0.05) is 23.7 Å². The summed E-state index contributed by atoms with van der Waals surface area (Å²) in [6.45, 7) is 0. The minimum Gasteiger partial charge on any atom is -0.465 e. The molecule has 0 bridgehead atoms. The number of nitro benzene ring substituents is 1. The van der Waals surface area contributed by atoms with Crippen LogP contribution >= 0.6 is 11.6 Å². The van der Waals surface area contributed by atoms with E-state index in [4.69, 9.17) is 16.9 Å². The molecule has 116 valence electrons. The number of nitrogens with zero attached hydrogens (tertiary/aromatic N) is 2. The highest BCUT2D eigenvalue weighted by atomic mass is 35.5. The molecule has 0 radical (unpaired) electrons. The molecule has 0 spiro atoms. The van der Waals surface area contributed by atoms with Gasteiger partial charge in [-0.25, -0.2) is 9.18 Å². The summed E-state index contributed by atoms with van der Waals surface area (Å²) in [5.41, 5.74) is -1.48. The van der Waals surface area contributed by atoms with Crippen molar-refractivity contribution in [1.82, 2.24) is 0 Å². The predicted octanol–water partition coefficient (Wildman–Crippen LogP) is 3.71. The first-order valence-electron chi connectivity index (χ1n) is 6.16. The van der Waals surface area contributed by atoms with Crippen molar-refractivity contribution in [3.8, 4) is 17.2 Å². The van der Waals surface area contributed by atoms with Crippen molar-refractivity contribution in [3.63, 3.8) is 0 Å². The van der Waals surface area contributed by atoms with E-state index < -0.39 is 28.0 Å². The number of esters is 1. The number of benzene rings is 2.